The zero-order chi connectivity index (χ0) is 23.2. The number of hydrogen-bond donors (Lipinski definition) is 3. The van der Waals surface area contributed by atoms with Crippen molar-refractivity contribution >= 4 is 39.6 Å². The zero-order valence-electron chi connectivity index (χ0n) is 19.6. The molecule has 174 valence electrons. The first-order valence-corrected chi connectivity index (χ1v) is 12.5. The summed E-state index contributed by atoms with van der Waals surface area (Å²) in [7, 11) is 0. The van der Waals surface area contributed by atoms with Crippen LogP contribution in [0.2, 0.25) is 0 Å². The van der Waals surface area contributed by atoms with Crippen molar-refractivity contribution in [3.63, 3.8) is 0 Å². The lowest BCUT2D eigenvalue weighted by Gasteiger charge is -2.18. The van der Waals surface area contributed by atoms with E-state index in [1.165, 1.54) is 41.7 Å². The van der Waals surface area contributed by atoms with Gasteiger partial charge in [0.2, 0.25) is 11.0 Å². The van der Waals surface area contributed by atoms with Crippen molar-refractivity contribution in [3.05, 3.63) is 53.6 Å². The van der Waals surface area contributed by atoms with Gasteiger partial charge in [-0.15, -0.1) is 10.2 Å². The highest BCUT2D eigenvalue weighted by atomic mass is 32.1. The van der Waals surface area contributed by atoms with E-state index in [9.17, 15) is 5.11 Å². The molecule has 0 unspecified atom stereocenters. The fourth-order valence-corrected chi connectivity index (χ4v) is 4.91. The lowest BCUT2D eigenvalue weighted by Crippen LogP contribution is -3.11. The number of para-hydroxylation sites is 2. The van der Waals surface area contributed by atoms with Crippen LogP contribution in [-0.4, -0.2) is 27.9 Å². The number of fused-ring (bicyclic) bond motifs is 1. The molecule has 0 amide bonds. The molecule has 0 spiro atoms. The van der Waals surface area contributed by atoms with Gasteiger partial charge in [0.25, 0.3) is 0 Å². The number of nitrogens with one attached hydrogen (secondary N) is 2. The van der Waals surface area contributed by atoms with Crippen molar-refractivity contribution in [2.24, 2.45) is 10.2 Å². The summed E-state index contributed by atoms with van der Waals surface area (Å²) in [6, 6.07) is 14.3. The normalized spacial score (nSPS) is 15.2. The number of benzene rings is 2. The second-order valence-corrected chi connectivity index (χ2v) is 9.11. The molecular weight excluding hydrogens is 430 g/mol. The van der Waals surface area contributed by atoms with Crippen LogP contribution in [0, 0.1) is 0 Å². The molecule has 0 radical (unpaired) electrons. The van der Waals surface area contributed by atoms with Crippen LogP contribution in [0.4, 0.5) is 11.4 Å². The number of aromatic hydroxyl groups is 1. The van der Waals surface area contributed by atoms with Crippen molar-refractivity contribution in [1.29, 1.82) is 0 Å². The number of aryl methyl sites for hydroxylation is 2. The van der Waals surface area contributed by atoms with Crippen LogP contribution in [0.1, 0.15) is 50.7 Å². The lowest BCUT2D eigenvalue weighted by molar-refractivity contribution is -0.921. The minimum Gasteiger partial charge on any atom is -0.493 e. The first kappa shape index (κ1) is 23.4. The van der Waals surface area contributed by atoms with Gasteiger partial charge in [-0.2, -0.15) is 0 Å². The van der Waals surface area contributed by atoms with Crippen LogP contribution in [0.3, 0.4) is 0 Å². The number of hydrogen-bond acceptors (Lipinski definition) is 3. The third-order valence-corrected chi connectivity index (χ3v) is 6.77. The topological polar surface area (TPSA) is 66.4 Å². The molecule has 4 rings (SSSR count). The number of azo groups is 1. The molecule has 1 aromatic heterocycles. The SMILES string of the molecule is CCc1cccc(CC)c1NC(=S)N=Nc1c(O)n(C[NH+]2CCCCCC2)c2ccccc12. The van der Waals surface area contributed by atoms with E-state index in [4.69, 9.17) is 12.2 Å². The molecule has 6 nitrogen and oxygen atoms in total. The number of aromatic nitrogens is 1. The minimum absolute atomic E-state index is 0.155. The third-order valence-electron chi connectivity index (χ3n) is 6.58. The van der Waals surface area contributed by atoms with Gasteiger partial charge in [0, 0.05) is 11.1 Å². The van der Waals surface area contributed by atoms with Crippen LogP contribution in [0.25, 0.3) is 10.9 Å². The molecule has 0 saturated carbocycles. The summed E-state index contributed by atoms with van der Waals surface area (Å²) >= 11 is 5.50. The van der Waals surface area contributed by atoms with Gasteiger partial charge >= 0.3 is 0 Å². The Kier molecular flexibility index (Phi) is 7.73. The van der Waals surface area contributed by atoms with E-state index in [1.807, 2.05) is 28.8 Å². The molecule has 33 heavy (non-hydrogen) atoms. The van der Waals surface area contributed by atoms with Gasteiger partial charge in [-0.25, -0.2) is 0 Å². The first-order chi connectivity index (χ1) is 16.1. The largest absolute Gasteiger partial charge is 0.493 e. The van der Waals surface area contributed by atoms with Crippen LogP contribution < -0.4 is 10.2 Å². The van der Waals surface area contributed by atoms with E-state index >= 15 is 0 Å². The highest BCUT2D eigenvalue weighted by Gasteiger charge is 2.21. The van der Waals surface area contributed by atoms with Gasteiger partial charge in [-0.1, -0.05) is 50.2 Å². The maximum absolute atomic E-state index is 11.1. The predicted molar refractivity (Wildman–Crippen MR) is 139 cm³/mol. The van der Waals surface area contributed by atoms with Crippen LogP contribution >= 0.6 is 12.2 Å². The molecule has 1 aliphatic heterocycles. The Bertz CT molecular complexity index is 1120. The van der Waals surface area contributed by atoms with Gasteiger partial charge in [0.1, 0.15) is 0 Å². The summed E-state index contributed by atoms with van der Waals surface area (Å²) in [6.45, 7) is 7.25. The number of nitrogens with zero attached hydrogens (tertiary/aromatic N) is 3. The second-order valence-electron chi connectivity index (χ2n) is 8.73. The van der Waals surface area contributed by atoms with Gasteiger partial charge in [-0.3, -0.25) is 4.57 Å². The fraction of sp³-hybridized carbons (Fsp3) is 0.423. The van der Waals surface area contributed by atoms with Gasteiger partial charge in [0.15, 0.2) is 12.4 Å². The molecule has 3 aromatic rings. The Balaban J connectivity index is 1.60. The molecule has 3 N–H and O–H groups in total. The van der Waals surface area contributed by atoms with Gasteiger partial charge in [0.05, 0.1) is 18.6 Å². The molecule has 0 bridgehead atoms. The Labute approximate surface area is 201 Å². The van der Waals surface area contributed by atoms with Crippen molar-refractivity contribution in [2.45, 2.75) is 59.0 Å². The Morgan fingerprint density at radius 1 is 1.00 bits per heavy atom. The molecule has 7 heteroatoms. The maximum atomic E-state index is 11.1. The summed E-state index contributed by atoms with van der Waals surface area (Å²) in [4.78, 5) is 1.49. The standard InChI is InChI=1S/C26H33N5OS/c1-3-19-12-11-13-20(4-2)23(19)27-26(33)29-28-24-21-14-7-8-15-22(21)31(25(24)32)18-30-16-9-5-6-10-17-30/h7-8,11-15,32H,3-6,9-10,16-18H2,1-2H3,(H,27,33)/p+1. The molecule has 1 saturated heterocycles. The molecule has 0 aliphatic carbocycles. The molecule has 2 aromatic carbocycles. The maximum Gasteiger partial charge on any atom is 0.225 e. The lowest BCUT2D eigenvalue weighted by atomic mass is 10.0. The monoisotopic (exact) mass is 464 g/mol. The summed E-state index contributed by atoms with van der Waals surface area (Å²) in [6.07, 6.45) is 6.88. The average molecular weight is 465 g/mol. The second kappa shape index (κ2) is 10.9. The zero-order valence-corrected chi connectivity index (χ0v) is 20.4. The van der Waals surface area contributed by atoms with Crippen molar-refractivity contribution in [3.8, 4) is 5.88 Å². The first-order valence-electron chi connectivity index (χ1n) is 12.1. The van der Waals surface area contributed by atoms with Gasteiger partial charge in [-0.05, 0) is 67.9 Å². The summed E-state index contributed by atoms with van der Waals surface area (Å²) < 4.78 is 1.97. The van der Waals surface area contributed by atoms with Crippen molar-refractivity contribution < 1.29 is 10.0 Å². The average Bonchev–Trinajstić information content (AvgIpc) is 2.98. The summed E-state index contributed by atoms with van der Waals surface area (Å²) in [5.74, 6) is 0.155. The van der Waals surface area contributed by atoms with E-state index in [0.717, 1.165) is 49.2 Å². The number of likely N-dealkylation sites (tertiary alicyclic amines) is 1. The number of thiocarbonyl (C=S) groups is 1. The van der Waals surface area contributed by atoms with Crippen LogP contribution in [0.15, 0.2) is 52.7 Å². The van der Waals surface area contributed by atoms with E-state index in [1.54, 1.807) is 0 Å². The molecule has 2 heterocycles. The van der Waals surface area contributed by atoms with Crippen LogP contribution in [0.5, 0.6) is 5.88 Å². The third kappa shape index (κ3) is 5.25. The Morgan fingerprint density at radius 2 is 1.67 bits per heavy atom. The molecular formula is C26H34N5OS+. The van der Waals surface area contributed by atoms with Crippen molar-refractivity contribution in [1.82, 2.24) is 4.57 Å². The summed E-state index contributed by atoms with van der Waals surface area (Å²) in [5, 5.41) is 24.3. The number of anilines is 1. The molecule has 1 fully saturated rings. The highest BCUT2D eigenvalue weighted by Crippen LogP contribution is 2.38. The minimum atomic E-state index is 0.155. The highest BCUT2D eigenvalue weighted by molar-refractivity contribution is 7.80. The smallest absolute Gasteiger partial charge is 0.225 e. The van der Waals surface area contributed by atoms with E-state index in [0.29, 0.717) is 10.8 Å². The van der Waals surface area contributed by atoms with E-state index in [2.05, 4.69) is 47.6 Å². The Morgan fingerprint density at radius 3 is 2.33 bits per heavy atom. The fourth-order valence-electron chi connectivity index (χ4n) is 4.77. The van der Waals surface area contributed by atoms with Gasteiger partial charge < -0.3 is 15.3 Å². The van der Waals surface area contributed by atoms with Crippen LogP contribution in [-0.2, 0) is 19.5 Å². The summed E-state index contributed by atoms with van der Waals surface area (Å²) in [5.41, 5.74) is 4.87. The van der Waals surface area contributed by atoms with E-state index < -0.39 is 0 Å². The molecule has 1 aliphatic rings. The molecule has 0 atom stereocenters. The number of rotatable bonds is 6. The van der Waals surface area contributed by atoms with E-state index in [-0.39, 0.29) is 5.88 Å². The quantitative estimate of drug-likeness (QED) is 0.339. The predicted octanol–water partition coefficient (Wildman–Crippen LogP) is 5.37. The van der Waals surface area contributed by atoms with Crippen molar-refractivity contribution in [2.75, 3.05) is 18.4 Å². The Hall–Kier alpha value is -2.77. The number of quaternary nitrogens is 1.